The van der Waals surface area contributed by atoms with Crippen molar-refractivity contribution in [2.45, 2.75) is 13.5 Å². The Labute approximate surface area is 103 Å². The molecule has 0 amide bonds. The summed E-state index contributed by atoms with van der Waals surface area (Å²) in [4.78, 5) is 0. The lowest BCUT2D eigenvalue weighted by Crippen LogP contribution is -2.03. The second kappa shape index (κ2) is 4.63. The van der Waals surface area contributed by atoms with Crippen LogP contribution in [0.4, 0.5) is 15.8 Å². The van der Waals surface area contributed by atoms with E-state index in [0.29, 0.717) is 17.9 Å². The fourth-order valence-electron chi connectivity index (χ4n) is 1.40. The summed E-state index contributed by atoms with van der Waals surface area (Å²) in [5, 5.41) is 6.85. The molecule has 17 heavy (non-hydrogen) atoms. The number of benzene rings is 1. The van der Waals surface area contributed by atoms with Gasteiger partial charge in [0.15, 0.2) is 0 Å². The number of nitrogens with one attached hydrogen (secondary N) is 1. The van der Waals surface area contributed by atoms with Crippen LogP contribution in [0.15, 0.2) is 22.7 Å². The van der Waals surface area contributed by atoms with E-state index in [1.165, 1.54) is 12.1 Å². The predicted octanol–water partition coefficient (Wildman–Crippen LogP) is 2.97. The van der Waals surface area contributed by atoms with Crippen LogP contribution in [0.2, 0.25) is 5.02 Å². The lowest BCUT2D eigenvalue weighted by atomic mass is 10.2. The molecule has 90 valence electrons. The highest BCUT2D eigenvalue weighted by Gasteiger charge is 2.07. The maximum absolute atomic E-state index is 13.1. The number of nitrogens with zero attached hydrogens (tertiary/aromatic N) is 1. The van der Waals surface area contributed by atoms with Crippen LogP contribution in [-0.4, -0.2) is 5.16 Å². The molecule has 1 aromatic carbocycles. The van der Waals surface area contributed by atoms with Crippen molar-refractivity contribution in [2.24, 2.45) is 0 Å². The van der Waals surface area contributed by atoms with Crippen LogP contribution in [0.3, 0.4) is 0 Å². The Bertz CT molecular complexity index is 542. The standard InChI is InChI=1S/C11H11ClFN3O/c1-6-2-7(16-17-6)5-15-11-3-8(12)9(13)4-10(11)14/h2-4,15H,5,14H2,1H3. The number of aryl methyl sites for hydroxylation is 1. The maximum atomic E-state index is 13.1. The Balaban J connectivity index is 2.11. The van der Waals surface area contributed by atoms with Gasteiger partial charge in [-0.15, -0.1) is 0 Å². The third kappa shape index (κ3) is 2.68. The summed E-state index contributed by atoms with van der Waals surface area (Å²) in [6.07, 6.45) is 0. The van der Waals surface area contributed by atoms with Crippen LogP contribution >= 0.6 is 11.6 Å². The zero-order chi connectivity index (χ0) is 12.4. The van der Waals surface area contributed by atoms with Crippen LogP contribution in [0.1, 0.15) is 11.5 Å². The first-order valence-electron chi connectivity index (χ1n) is 4.97. The minimum Gasteiger partial charge on any atom is -0.397 e. The number of hydrogen-bond acceptors (Lipinski definition) is 4. The van der Waals surface area contributed by atoms with Gasteiger partial charge >= 0.3 is 0 Å². The van der Waals surface area contributed by atoms with Crippen molar-refractivity contribution >= 4 is 23.0 Å². The van der Waals surface area contributed by atoms with E-state index in [1.807, 2.05) is 0 Å². The second-order valence-corrected chi connectivity index (χ2v) is 4.04. The molecule has 2 rings (SSSR count). The highest BCUT2D eigenvalue weighted by atomic mass is 35.5. The van der Waals surface area contributed by atoms with Crippen molar-refractivity contribution in [1.29, 1.82) is 0 Å². The molecule has 0 aliphatic heterocycles. The van der Waals surface area contributed by atoms with Gasteiger partial charge in [0.2, 0.25) is 0 Å². The van der Waals surface area contributed by atoms with Crippen molar-refractivity contribution in [3.05, 3.63) is 40.5 Å². The SMILES string of the molecule is Cc1cc(CNc2cc(Cl)c(F)cc2N)no1. The Hall–Kier alpha value is -1.75. The van der Waals surface area contributed by atoms with Gasteiger partial charge in [-0.05, 0) is 13.0 Å². The summed E-state index contributed by atoms with van der Waals surface area (Å²) in [5.41, 5.74) is 7.26. The lowest BCUT2D eigenvalue weighted by molar-refractivity contribution is 0.391. The number of nitrogen functional groups attached to an aromatic ring is 1. The fraction of sp³-hybridized carbons (Fsp3) is 0.182. The summed E-state index contributed by atoms with van der Waals surface area (Å²) < 4.78 is 18.0. The van der Waals surface area contributed by atoms with Gasteiger partial charge in [-0.2, -0.15) is 0 Å². The molecule has 1 heterocycles. The molecule has 0 aliphatic carbocycles. The molecule has 0 bridgehead atoms. The van der Waals surface area contributed by atoms with Crippen LogP contribution in [0.25, 0.3) is 0 Å². The number of rotatable bonds is 3. The van der Waals surface area contributed by atoms with Crippen LogP contribution in [-0.2, 0) is 6.54 Å². The molecule has 0 saturated carbocycles. The first-order chi connectivity index (χ1) is 8.06. The average molecular weight is 256 g/mol. The van der Waals surface area contributed by atoms with E-state index in [2.05, 4.69) is 10.5 Å². The molecule has 3 N–H and O–H groups in total. The Morgan fingerprint density at radius 3 is 2.88 bits per heavy atom. The van der Waals surface area contributed by atoms with E-state index in [0.717, 1.165) is 11.5 Å². The molecular formula is C11H11ClFN3O. The largest absolute Gasteiger partial charge is 0.397 e. The van der Waals surface area contributed by atoms with Crippen molar-refractivity contribution in [3.63, 3.8) is 0 Å². The van der Waals surface area contributed by atoms with Gasteiger partial charge in [-0.1, -0.05) is 16.8 Å². The van der Waals surface area contributed by atoms with Gasteiger partial charge in [-0.25, -0.2) is 4.39 Å². The highest BCUT2D eigenvalue weighted by molar-refractivity contribution is 6.31. The zero-order valence-corrected chi connectivity index (χ0v) is 9.88. The van der Waals surface area contributed by atoms with Crippen LogP contribution < -0.4 is 11.1 Å². The van der Waals surface area contributed by atoms with Crippen molar-refractivity contribution in [3.8, 4) is 0 Å². The fourth-order valence-corrected chi connectivity index (χ4v) is 1.57. The minimum absolute atomic E-state index is 0.0260. The number of nitrogens with two attached hydrogens (primary N) is 1. The minimum atomic E-state index is -0.535. The third-order valence-corrected chi connectivity index (χ3v) is 2.52. The van der Waals surface area contributed by atoms with E-state index >= 15 is 0 Å². The quantitative estimate of drug-likeness (QED) is 0.828. The monoisotopic (exact) mass is 255 g/mol. The molecule has 0 unspecified atom stereocenters. The Kier molecular flexibility index (Phi) is 3.19. The molecule has 0 spiro atoms. The van der Waals surface area contributed by atoms with Crippen LogP contribution in [0, 0.1) is 12.7 Å². The predicted molar refractivity (Wildman–Crippen MR) is 64.4 cm³/mol. The Morgan fingerprint density at radius 2 is 2.24 bits per heavy atom. The summed E-state index contributed by atoms with van der Waals surface area (Å²) >= 11 is 5.67. The maximum Gasteiger partial charge on any atom is 0.143 e. The van der Waals surface area contributed by atoms with Gasteiger partial charge < -0.3 is 15.6 Å². The van der Waals surface area contributed by atoms with E-state index in [1.54, 1.807) is 13.0 Å². The smallest absolute Gasteiger partial charge is 0.143 e. The number of hydrogen-bond donors (Lipinski definition) is 2. The van der Waals surface area contributed by atoms with E-state index in [9.17, 15) is 4.39 Å². The van der Waals surface area contributed by atoms with Gasteiger partial charge in [0.1, 0.15) is 17.3 Å². The molecule has 0 atom stereocenters. The van der Waals surface area contributed by atoms with Gasteiger partial charge in [-0.3, -0.25) is 0 Å². The van der Waals surface area contributed by atoms with Crippen LogP contribution in [0.5, 0.6) is 0 Å². The van der Waals surface area contributed by atoms with Gasteiger partial charge in [0, 0.05) is 12.1 Å². The van der Waals surface area contributed by atoms with Crippen molar-refractivity contribution < 1.29 is 8.91 Å². The molecule has 0 radical (unpaired) electrons. The first-order valence-corrected chi connectivity index (χ1v) is 5.34. The molecule has 0 saturated heterocycles. The average Bonchev–Trinajstić information content (AvgIpc) is 2.68. The van der Waals surface area contributed by atoms with E-state index in [4.69, 9.17) is 21.9 Å². The molecule has 4 nitrogen and oxygen atoms in total. The summed E-state index contributed by atoms with van der Waals surface area (Å²) in [6.45, 7) is 2.24. The third-order valence-electron chi connectivity index (χ3n) is 2.23. The summed E-state index contributed by atoms with van der Waals surface area (Å²) in [7, 11) is 0. The van der Waals surface area contributed by atoms with Gasteiger partial charge in [0.05, 0.1) is 22.9 Å². The molecular weight excluding hydrogens is 245 g/mol. The Morgan fingerprint density at radius 1 is 1.47 bits per heavy atom. The normalized spacial score (nSPS) is 10.5. The van der Waals surface area contributed by atoms with E-state index < -0.39 is 5.82 Å². The number of halogens is 2. The molecule has 0 fully saturated rings. The summed E-state index contributed by atoms with van der Waals surface area (Å²) in [6, 6.07) is 4.42. The number of aromatic nitrogens is 1. The lowest BCUT2D eigenvalue weighted by Gasteiger charge is -2.08. The zero-order valence-electron chi connectivity index (χ0n) is 9.13. The van der Waals surface area contributed by atoms with Crippen molar-refractivity contribution in [2.75, 3.05) is 11.1 Å². The second-order valence-electron chi connectivity index (χ2n) is 3.64. The molecule has 0 aliphatic rings. The molecule has 2 aromatic rings. The van der Waals surface area contributed by atoms with E-state index in [-0.39, 0.29) is 5.02 Å². The highest BCUT2D eigenvalue weighted by Crippen LogP contribution is 2.26. The number of anilines is 2. The summed E-state index contributed by atoms with van der Waals surface area (Å²) in [5.74, 6) is 0.193. The van der Waals surface area contributed by atoms with Crippen molar-refractivity contribution in [1.82, 2.24) is 5.16 Å². The van der Waals surface area contributed by atoms with Gasteiger partial charge in [0.25, 0.3) is 0 Å². The molecule has 1 aromatic heterocycles. The topological polar surface area (TPSA) is 64.1 Å². The first kappa shape index (κ1) is 11.7. The molecule has 6 heteroatoms.